The van der Waals surface area contributed by atoms with Crippen LogP contribution in [-0.2, 0) is 0 Å². The number of nitrogens with one attached hydrogen (secondary N) is 1. The number of piperidine rings is 1. The van der Waals surface area contributed by atoms with Crippen molar-refractivity contribution in [3.8, 4) is 0 Å². The molecule has 1 N–H and O–H groups in total. The molecule has 0 amide bonds. The van der Waals surface area contributed by atoms with E-state index in [0.717, 1.165) is 12.1 Å². The first-order valence-electron chi connectivity index (χ1n) is 8.61. The maximum Gasteiger partial charge on any atom is 0.0111 e. The smallest absolute Gasteiger partial charge is 0.0111 e. The first-order chi connectivity index (χ1) is 9.42. The van der Waals surface area contributed by atoms with E-state index in [4.69, 9.17) is 0 Å². The summed E-state index contributed by atoms with van der Waals surface area (Å²) in [4.78, 5) is 5.39. The molecule has 3 saturated heterocycles. The molecule has 3 nitrogen and oxygen atoms in total. The van der Waals surface area contributed by atoms with E-state index in [1.54, 1.807) is 0 Å². The maximum atomic E-state index is 3.83. The number of nitrogens with zero attached hydrogens (tertiary/aromatic N) is 2. The van der Waals surface area contributed by atoms with Crippen LogP contribution in [0.25, 0.3) is 0 Å². The summed E-state index contributed by atoms with van der Waals surface area (Å²) in [5, 5.41) is 3.83. The zero-order valence-corrected chi connectivity index (χ0v) is 12.4. The van der Waals surface area contributed by atoms with Crippen LogP contribution in [0.5, 0.6) is 0 Å². The van der Waals surface area contributed by atoms with Crippen LogP contribution in [0.2, 0.25) is 0 Å². The van der Waals surface area contributed by atoms with Crippen molar-refractivity contribution < 1.29 is 0 Å². The SMILES string of the molecule is C1CCCN(CCNC2CCN3CCCC3C2)CC1. The summed E-state index contributed by atoms with van der Waals surface area (Å²) >= 11 is 0. The van der Waals surface area contributed by atoms with Crippen molar-refractivity contribution in [2.75, 3.05) is 39.3 Å². The van der Waals surface area contributed by atoms with Crippen LogP contribution in [0.3, 0.4) is 0 Å². The van der Waals surface area contributed by atoms with Gasteiger partial charge in [0, 0.05) is 25.2 Å². The molecule has 0 aromatic rings. The summed E-state index contributed by atoms with van der Waals surface area (Å²) in [5.74, 6) is 0. The summed E-state index contributed by atoms with van der Waals surface area (Å²) in [6.45, 7) is 7.85. The molecule has 0 radical (unpaired) electrons. The molecule has 19 heavy (non-hydrogen) atoms. The minimum atomic E-state index is 0.798. The van der Waals surface area contributed by atoms with Crippen LogP contribution in [0.4, 0.5) is 0 Å². The van der Waals surface area contributed by atoms with Gasteiger partial charge < -0.3 is 15.1 Å². The molecule has 0 aromatic carbocycles. The highest BCUT2D eigenvalue weighted by Crippen LogP contribution is 2.26. The highest BCUT2D eigenvalue weighted by molar-refractivity contribution is 4.89. The van der Waals surface area contributed by atoms with E-state index in [2.05, 4.69) is 15.1 Å². The fourth-order valence-electron chi connectivity index (χ4n) is 4.20. The molecule has 0 saturated carbocycles. The zero-order chi connectivity index (χ0) is 12.9. The fraction of sp³-hybridized carbons (Fsp3) is 1.00. The second-order valence-electron chi connectivity index (χ2n) is 6.76. The van der Waals surface area contributed by atoms with E-state index in [-0.39, 0.29) is 0 Å². The van der Waals surface area contributed by atoms with Gasteiger partial charge in [0.2, 0.25) is 0 Å². The normalized spacial score (nSPS) is 34.1. The van der Waals surface area contributed by atoms with Crippen LogP contribution in [0.1, 0.15) is 51.4 Å². The molecule has 110 valence electrons. The summed E-state index contributed by atoms with van der Waals surface area (Å²) < 4.78 is 0. The topological polar surface area (TPSA) is 18.5 Å². The van der Waals surface area contributed by atoms with Crippen LogP contribution in [-0.4, -0.2) is 61.2 Å². The van der Waals surface area contributed by atoms with Crippen LogP contribution in [0, 0.1) is 0 Å². The van der Waals surface area contributed by atoms with Crippen LogP contribution >= 0.6 is 0 Å². The Bertz CT molecular complexity index is 261. The first kappa shape index (κ1) is 13.8. The molecule has 3 heteroatoms. The molecule has 3 aliphatic rings. The molecular weight excluding hydrogens is 234 g/mol. The number of hydrogen-bond acceptors (Lipinski definition) is 3. The number of likely N-dealkylation sites (tertiary alicyclic amines) is 1. The third-order valence-electron chi connectivity index (χ3n) is 5.38. The number of hydrogen-bond donors (Lipinski definition) is 1. The Kier molecular flexibility index (Phi) is 5.14. The third-order valence-corrected chi connectivity index (χ3v) is 5.38. The monoisotopic (exact) mass is 265 g/mol. The van der Waals surface area contributed by atoms with E-state index in [1.807, 2.05) is 0 Å². The predicted octanol–water partition coefficient (Wildman–Crippen LogP) is 2.08. The minimum Gasteiger partial charge on any atom is -0.313 e. The van der Waals surface area contributed by atoms with Gasteiger partial charge in [-0.25, -0.2) is 0 Å². The quantitative estimate of drug-likeness (QED) is 0.839. The maximum absolute atomic E-state index is 3.83. The molecule has 3 heterocycles. The van der Waals surface area contributed by atoms with Crippen LogP contribution in [0.15, 0.2) is 0 Å². The van der Waals surface area contributed by atoms with Gasteiger partial charge in [-0.2, -0.15) is 0 Å². The molecule has 3 fully saturated rings. The van der Waals surface area contributed by atoms with E-state index in [0.29, 0.717) is 0 Å². The summed E-state index contributed by atoms with van der Waals surface area (Å²) in [5.41, 5.74) is 0. The Morgan fingerprint density at radius 1 is 0.842 bits per heavy atom. The van der Waals surface area contributed by atoms with Crippen molar-refractivity contribution >= 4 is 0 Å². The first-order valence-corrected chi connectivity index (χ1v) is 8.61. The van der Waals surface area contributed by atoms with Gasteiger partial charge >= 0.3 is 0 Å². The second-order valence-corrected chi connectivity index (χ2v) is 6.76. The Hall–Kier alpha value is -0.120. The lowest BCUT2D eigenvalue weighted by Crippen LogP contribution is -2.47. The largest absolute Gasteiger partial charge is 0.313 e. The number of rotatable bonds is 4. The third kappa shape index (κ3) is 3.93. The lowest BCUT2D eigenvalue weighted by Gasteiger charge is -2.35. The Labute approximate surface area is 118 Å². The molecule has 3 rings (SSSR count). The molecule has 3 aliphatic heterocycles. The molecule has 2 unspecified atom stereocenters. The average Bonchev–Trinajstić information content (AvgIpc) is 2.74. The van der Waals surface area contributed by atoms with Crippen molar-refractivity contribution in [2.45, 2.75) is 63.5 Å². The molecule has 0 bridgehead atoms. The van der Waals surface area contributed by atoms with Crippen molar-refractivity contribution in [3.63, 3.8) is 0 Å². The summed E-state index contributed by atoms with van der Waals surface area (Å²) in [7, 11) is 0. The van der Waals surface area contributed by atoms with Crippen molar-refractivity contribution in [1.29, 1.82) is 0 Å². The Morgan fingerprint density at radius 3 is 2.53 bits per heavy atom. The fourth-order valence-corrected chi connectivity index (χ4v) is 4.20. The zero-order valence-electron chi connectivity index (χ0n) is 12.4. The van der Waals surface area contributed by atoms with Crippen LogP contribution < -0.4 is 5.32 Å². The molecule has 0 spiro atoms. The second kappa shape index (κ2) is 7.05. The van der Waals surface area contributed by atoms with Gasteiger partial charge in [-0.3, -0.25) is 0 Å². The minimum absolute atomic E-state index is 0.798. The predicted molar refractivity (Wildman–Crippen MR) is 80.5 cm³/mol. The Morgan fingerprint density at radius 2 is 1.68 bits per heavy atom. The molecule has 0 aromatic heterocycles. The lowest BCUT2D eigenvalue weighted by atomic mass is 9.97. The summed E-state index contributed by atoms with van der Waals surface area (Å²) in [6.07, 6.45) is 11.4. The lowest BCUT2D eigenvalue weighted by molar-refractivity contribution is 0.164. The van der Waals surface area contributed by atoms with E-state index in [9.17, 15) is 0 Å². The molecule has 0 aliphatic carbocycles. The van der Waals surface area contributed by atoms with Gasteiger partial charge in [0.25, 0.3) is 0 Å². The standard InChI is InChI=1S/C16H31N3/c1-2-4-10-18(9-3-1)13-8-17-15-7-12-19-11-5-6-16(19)14-15/h15-17H,1-14H2. The van der Waals surface area contributed by atoms with Gasteiger partial charge in [-0.1, -0.05) is 12.8 Å². The highest BCUT2D eigenvalue weighted by atomic mass is 15.2. The molecular formula is C16H31N3. The van der Waals surface area contributed by atoms with Gasteiger partial charge in [0.1, 0.15) is 0 Å². The van der Waals surface area contributed by atoms with Gasteiger partial charge in [0.15, 0.2) is 0 Å². The van der Waals surface area contributed by atoms with E-state index < -0.39 is 0 Å². The van der Waals surface area contributed by atoms with Crippen molar-refractivity contribution in [1.82, 2.24) is 15.1 Å². The van der Waals surface area contributed by atoms with E-state index in [1.165, 1.54) is 90.6 Å². The van der Waals surface area contributed by atoms with Gasteiger partial charge in [-0.15, -0.1) is 0 Å². The Balaban J connectivity index is 1.33. The van der Waals surface area contributed by atoms with Crippen molar-refractivity contribution in [2.24, 2.45) is 0 Å². The van der Waals surface area contributed by atoms with Crippen molar-refractivity contribution in [3.05, 3.63) is 0 Å². The van der Waals surface area contributed by atoms with Gasteiger partial charge in [-0.05, 0) is 64.7 Å². The van der Waals surface area contributed by atoms with E-state index >= 15 is 0 Å². The molecule has 2 atom stereocenters. The highest BCUT2D eigenvalue weighted by Gasteiger charge is 2.31. The van der Waals surface area contributed by atoms with Gasteiger partial charge in [0.05, 0.1) is 0 Å². The summed E-state index contributed by atoms with van der Waals surface area (Å²) in [6, 6.07) is 1.70. The number of fused-ring (bicyclic) bond motifs is 1. The average molecular weight is 265 g/mol.